The summed E-state index contributed by atoms with van der Waals surface area (Å²) in [5, 5.41) is 14.7. The Bertz CT molecular complexity index is 1160. The van der Waals surface area contributed by atoms with Crippen molar-refractivity contribution in [1.29, 1.82) is 0 Å². The van der Waals surface area contributed by atoms with E-state index in [0.717, 1.165) is 34.4 Å². The predicted octanol–water partition coefficient (Wildman–Crippen LogP) is 1.18. The van der Waals surface area contributed by atoms with Gasteiger partial charge in [0.2, 0.25) is 0 Å². The maximum absolute atomic E-state index is 13.8. The molecule has 8 heteroatoms. The van der Waals surface area contributed by atoms with E-state index in [9.17, 15) is 13.6 Å². The molecule has 0 unspecified atom stereocenters. The van der Waals surface area contributed by atoms with E-state index in [0.29, 0.717) is 11.4 Å². The zero-order valence-electron chi connectivity index (χ0n) is 16.4. The number of aromatic nitrogens is 4. The second kappa shape index (κ2) is 9.38. The molecule has 0 aliphatic carbocycles. The Labute approximate surface area is 193 Å². The van der Waals surface area contributed by atoms with Crippen LogP contribution in [-0.2, 0) is 6.42 Å². The molecule has 5 nitrogen and oxygen atoms in total. The second-order valence-electron chi connectivity index (χ2n) is 6.63. The molecule has 4 rings (SSSR count). The Morgan fingerprint density at radius 1 is 0.967 bits per heavy atom. The van der Waals surface area contributed by atoms with E-state index in [2.05, 4.69) is 20.6 Å². The Balaban J connectivity index is 0.00000256. The van der Waals surface area contributed by atoms with Crippen LogP contribution in [0.3, 0.4) is 0 Å². The summed E-state index contributed by atoms with van der Waals surface area (Å²) in [7, 11) is 0. The number of aryl methyl sites for hydroxylation is 1. The van der Waals surface area contributed by atoms with Crippen LogP contribution in [0.1, 0.15) is 21.5 Å². The van der Waals surface area contributed by atoms with Crippen molar-refractivity contribution in [3.05, 3.63) is 89.0 Å². The Morgan fingerprint density at radius 2 is 1.63 bits per heavy atom. The van der Waals surface area contributed by atoms with Crippen LogP contribution in [0.25, 0.3) is 22.5 Å². The van der Waals surface area contributed by atoms with Crippen LogP contribution in [0.4, 0.5) is 8.78 Å². The summed E-state index contributed by atoms with van der Waals surface area (Å²) in [5.74, 6) is -1.85. The molecule has 0 radical (unpaired) electrons. The average Bonchev–Trinajstić information content (AvgIpc) is 3.24. The summed E-state index contributed by atoms with van der Waals surface area (Å²) in [6, 6.07) is 16.5. The van der Waals surface area contributed by atoms with Crippen molar-refractivity contribution in [2.75, 3.05) is 0 Å². The maximum atomic E-state index is 13.8. The minimum atomic E-state index is -0.849. The minimum absolute atomic E-state index is 0. The summed E-state index contributed by atoms with van der Waals surface area (Å²) in [6.07, 6.45) is -0.0875. The van der Waals surface area contributed by atoms with E-state index in [1.165, 1.54) is 6.07 Å². The fourth-order valence-corrected chi connectivity index (χ4v) is 3.17. The van der Waals surface area contributed by atoms with E-state index in [1.54, 1.807) is 12.1 Å². The number of hydrogen-bond acceptors (Lipinski definition) is 4. The first-order valence-electron chi connectivity index (χ1n) is 8.89. The molecule has 1 aromatic heterocycles. The summed E-state index contributed by atoms with van der Waals surface area (Å²) in [4.78, 5) is 12.3. The van der Waals surface area contributed by atoms with E-state index in [4.69, 9.17) is 0 Å². The normalized spacial score (nSPS) is 10.5. The Morgan fingerprint density at radius 3 is 2.27 bits per heavy atom. The van der Waals surface area contributed by atoms with E-state index in [-0.39, 0.29) is 36.0 Å². The number of halogens is 2. The van der Waals surface area contributed by atoms with Gasteiger partial charge in [0.25, 0.3) is 0 Å². The van der Waals surface area contributed by atoms with Gasteiger partial charge in [-0.2, -0.15) is 5.21 Å². The van der Waals surface area contributed by atoms with Crippen LogP contribution < -0.4 is 34.7 Å². The molecule has 0 fully saturated rings. The van der Waals surface area contributed by atoms with Gasteiger partial charge < -0.3 is 5.10 Å². The number of benzene rings is 3. The van der Waals surface area contributed by atoms with Crippen molar-refractivity contribution in [3.63, 3.8) is 0 Å². The van der Waals surface area contributed by atoms with Crippen molar-refractivity contribution < 1.29 is 43.1 Å². The van der Waals surface area contributed by atoms with Gasteiger partial charge >= 0.3 is 29.6 Å². The molecular weight excluding hydrogens is 397 g/mol. The number of carbonyl (C=O) groups excluding carboxylic acids is 1. The van der Waals surface area contributed by atoms with Crippen molar-refractivity contribution in [2.45, 2.75) is 13.3 Å². The number of Topliss-reactive ketones (excluding diaryl/α,β-unsaturated/α-hetero) is 1. The summed E-state index contributed by atoms with van der Waals surface area (Å²) >= 11 is 0. The van der Waals surface area contributed by atoms with Crippen molar-refractivity contribution in [1.82, 2.24) is 20.6 Å². The molecule has 0 bridgehead atoms. The zero-order chi connectivity index (χ0) is 20.4. The molecule has 0 aliphatic rings. The van der Waals surface area contributed by atoms with Crippen LogP contribution >= 0.6 is 0 Å². The number of nitrogens with zero attached hydrogens (tertiary/aromatic N) is 4. The molecule has 0 spiro atoms. The number of hydrogen-bond donors (Lipinski definition) is 0. The molecule has 4 aromatic rings. The molecule has 0 N–H and O–H groups in total. The van der Waals surface area contributed by atoms with E-state index in [1.807, 2.05) is 37.3 Å². The molecule has 1 heterocycles. The SMILES string of the molecule is Cc1ccc(-c2nnn[n-]2)cc1-c1ccc(CC(=O)c2c(F)cccc2F)cc1.[Na+]. The Hall–Kier alpha value is -2.74. The third kappa shape index (κ3) is 4.53. The smallest absolute Gasteiger partial charge is 0.330 e. The quantitative estimate of drug-likeness (QED) is 0.364. The molecular formula is C22H15F2N4NaO. The largest absolute Gasteiger partial charge is 1.00 e. The van der Waals surface area contributed by atoms with Crippen LogP contribution in [0.5, 0.6) is 0 Å². The molecule has 0 saturated carbocycles. The van der Waals surface area contributed by atoms with Gasteiger partial charge in [0.1, 0.15) is 11.6 Å². The van der Waals surface area contributed by atoms with Gasteiger partial charge in [-0.25, -0.2) is 8.78 Å². The first-order chi connectivity index (χ1) is 14.0. The molecule has 0 aliphatic heterocycles. The van der Waals surface area contributed by atoms with Gasteiger partial charge in [-0.1, -0.05) is 42.5 Å². The van der Waals surface area contributed by atoms with Crippen molar-refractivity contribution in [2.24, 2.45) is 0 Å². The fourth-order valence-electron chi connectivity index (χ4n) is 3.17. The molecule has 144 valence electrons. The third-order valence-corrected chi connectivity index (χ3v) is 4.69. The predicted molar refractivity (Wildman–Crippen MR) is 103 cm³/mol. The van der Waals surface area contributed by atoms with Crippen molar-refractivity contribution in [3.8, 4) is 22.5 Å². The van der Waals surface area contributed by atoms with Gasteiger partial charge in [-0.15, -0.1) is 0 Å². The molecule has 3 aromatic carbocycles. The molecule has 0 amide bonds. The van der Waals surface area contributed by atoms with Crippen LogP contribution in [0, 0.1) is 18.6 Å². The minimum Gasteiger partial charge on any atom is -0.330 e. The van der Waals surface area contributed by atoms with Gasteiger partial charge in [0.05, 0.1) is 5.56 Å². The summed E-state index contributed by atoms with van der Waals surface area (Å²) < 4.78 is 27.6. The monoisotopic (exact) mass is 412 g/mol. The van der Waals surface area contributed by atoms with Crippen LogP contribution in [0.2, 0.25) is 0 Å². The number of carbonyl (C=O) groups is 1. The molecule has 30 heavy (non-hydrogen) atoms. The van der Waals surface area contributed by atoms with Crippen molar-refractivity contribution >= 4 is 5.78 Å². The fraction of sp³-hybridized carbons (Fsp3) is 0.0909. The Kier molecular flexibility index (Phi) is 6.87. The summed E-state index contributed by atoms with van der Waals surface area (Å²) in [5.41, 5.74) is 3.93. The standard InChI is InChI=1S/C22H15F2N4O.Na/c1-13-5-8-16(22-25-27-28-26-22)12-17(13)15-9-6-14(7-10-15)11-20(29)21-18(23)3-2-4-19(21)24;/h2-10,12H,11H2,1H3;/q-1;+1. The van der Waals surface area contributed by atoms with Gasteiger partial charge in [0.15, 0.2) is 5.78 Å². The maximum Gasteiger partial charge on any atom is 1.00 e. The van der Waals surface area contributed by atoms with Gasteiger partial charge in [-0.3, -0.25) is 15.1 Å². The average molecular weight is 412 g/mol. The summed E-state index contributed by atoms with van der Waals surface area (Å²) in [6.45, 7) is 1.99. The van der Waals surface area contributed by atoms with E-state index < -0.39 is 23.0 Å². The molecule has 0 saturated heterocycles. The van der Waals surface area contributed by atoms with Crippen LogP contribution in [0.15, 0.2) is 60.7 Å². The zero-order valence-corrected chi connectivity index (χ0v) is 18.4. The number of rotatable bonds is 5. The third-order valence-electron chi connectivity index (χ3n) is 4.69. The number of tetrazole rings is 1. The molecule has 0 atom stereocenters. The first-order valence-corrected chi connectivity index (χ1v) is 8.89. The topological polar surface area (TPSA) is 69.8 Å². The first kappa shape index (κ1) is 22.0. The van der Waals surface area contributed by atoms with E-state index >= 15 is 0 Å². The number of ketones is 1. The van der Waals surface area contributed by atoms with Gasteiger partial charge in [-0.05, 0) is 52.9 Å². The second-order valence-corrected chi connectivity index (χ2v) is 6.63. The van der Waals surface area contributed by atoms with Gasteiger partial charge in [0, 0.05) is 12.2 Å². The van der Waals surface area contributed by atoms with Crippen LogP contribution in [-0.4, -0.2) is 21.3 Å².